The van der Waals surface area contributed by atoms with Crippen molar-refractivity contribution in [1.29, 1.82) is 0 Å². The molecule has 1 aromatic carbocycles. The van der Waals surface area contributed by atoms with E-state index >= 15 is 0 Å². The Morgan fingerprint density at radius 1 is 1.44 bits per heavy atom. The Hall–Kier alpha value is -1.47. The number of rotatable bonds is 4. The molecule has 5 nitrogen and oxygen atoms in total. The van der Waals surface area contributed by atoms with Gasteiger partial charge in [-0.3, -0.25) is 0 Å². The molecule has 0 bridgehead atoms. The third-order valence-electron chi connectivity index (χ3n) is 2.02. The van der Waals surface area contributed by atoms with Crippen LogP contribution in [0.25, 0.3) is 0 Å². The molecule has 7 heteroatoms. The van der Waals surface area contributed by atoms with Gasteiger partial charge in [-0.1, -0.05) is 13.8 Å². The number of esters is 1. The van der Waals surface area contributed by atoms with E-state index in [0.29, 0.717) is 0 Å². The van der Waals surface area contributed by atoms with Crippen molar-refractivity contribution in [3.05, 3.63) is 29.6 Å². The van der Waals surface area contributed by atoms with E-state index in [1.54, 1.807) is 0 Å². The first kappa shape index (κ1) is 14.6. The van der Waals surface area contributed by atoms with Crippen LogP contribution in [0.4, 0.5) is 4.39 Å². The number of sulfonamides is 1. The molecule has 0 unspecified atom stereocenters. The molecular weight excluding hydrogens is 261 g/mol. The summed E-state index contributed by atoms with van der Waals surface area (Å²) in [6.07, 6.45) is 0. The van der Waals surface area contributed by atoms with Crippen LogP contribution in [0.2, 0.25) is 0 Å². The Bertz CT molecular complexity index is 554. The first-order chi connectivity index (χ1) is 8.21. The average Bonchev–Trinajstić information content (AvgIpc) is 2.24. The van der Waals surface area contributed by atoms with Gasteiger partial charge in [0.1, 0.15) is 10.7 Å². The number of hydrogen-bond acceptors (Lipinski definition) is 4. The molecular formula is C11H14FNO4S. The molecule has 1 aromatic rings. The van der Waals surface area contributed by atoms with Crippen LogP contribution >= 0.6 is 0 Å². The maximum Gasteiger partial charge on any atom is 0.338 e. The molecule has 0 amide bonds. The van der Waals surface area contributed by atoms with E-state index < -0.39 is 26.7 Å². The number of nitrogens with two attached hydrogens (primary N) is 1. The lowest BCUT2D eigenvalue weighted by Gasteiger charge is -2.08. The normalized spacial score (nSPS) is 11.6. The van der Waals surface area contributed by atoms with Gasteiger partial charge in [0, 0.05) is 0 Å². The Labute approximate surface area is 105 Å². The Kier molecular flexibility index (Phi) is 4.42. The molecule has 0 radical (unpaired) electrons. The first-order valence-corrected chi connectivity index (χ1v) is 6.76. The summed E-state index contributed by atoms with van der Waals surface area (Å²) in [4.78, 5) is 10.8. The van der Waals surface area contributed by atoms with Crippen LogP contribution in [0.15, 0.2) is 23.1 Å². The second-order valence-corrected chi connectivity index (χ2v) is 5.71. The van der Waals surface area contributed by atoms with Crippen LogP contribution in [0, 0.1) is 11.7 Å². The molecule has 0 aromatic heterocycles. The third-order valence-corrected chi connectivity index (χ3v) is 2.95. The number of primary sulfonamides is 1. The van der Waals surface area contributed by atoms with Crippen LogP contribution in [0.5, 0.6) is 0 Å². The van der Waals surface area contributed by atoms with Crippen molar-refractivity contribution in [2.75, 3.05) is 6.61 Å². The van der Waals surface area contributed by atoms with E-state index in [0.717, 1.165) is 18.2 Å². The Morgan fingerprint density at radius 2 is 2.06 bits per heavy atom. The minimum absolute atomic E-state index is 0.0546. The van der Waals surface area contributed by atoms with Gasteiger partial charge in [0.15, 0.2) is 0 Å². The van der Waals surface area contributed by atoms with Crippen molar-refractivity contribution in [3.8, 4) is 0 Å². The fourth-order valence-corrected chi connectivity index (χ4v) is 1.81. The Morgan fingerprint density at radius 3 is 2.56 bits per heavy atom. The molecule has 0 aliphatic carbocycles. The summed E-state index contributed by atoms with van der Waals surface area (Å²) in [6.45, 7) is 3.91. The standard InChI is InChI=1S/C11H14FNO4S/c1-7(2)6-17-11(14)8-3-4-9(12)10(5-8)18(13,15)16/h3-5,7H,6H2,1-2H3,(H2,13,15,16). The van der Waals surface area contributed by atoms with Gasteiger partial charge >= 0.3 is 5.97 Å². The van der Waals surface area contributed by atoms with Gasteiger partial charge in [0.25, 0.3) is 0 Å². The van der Waals surface area contributed by atoms with Gasteiger partial charge in [0.2, 0.25) is 10.0 Å². The van der Waals surface area contributed by atoms with Crippen LogP contribution in [-0.2, 0) is 14.8 Å². The summed E-state index contributed by atoms with van der Waals surface area (Å²) in [5.74, 6) is -1.57. The monoisotopic (exact) mass is 275 g/mol. The molecule has 0 aliphatic rings. The number of ether oxygens (including phenoxy) is 1. The van der Waals surface area contributed by atoms with E-state index in [4.69, 9.17) is 9.88 Å². The van der Waals surface area contributed by atoms with E-state index in [2.05, 4.69) is 0 Å². The van der Waals surface area contributed by atoms with E-state index in [1.165, 1.54) is 0 Å². The topological polar surface area (TPSA) is 86.5 Å². The fourth-order valence-electron chi connectivity index (χ4n) is 1.17. The van der Waals surface area contributed by atoms with E-state index in [1.807, 2.05) is 13.8 Å². The van der Waals surface area contributed by atoms with Crippen LogP contribution in [0.3, 0.4) is 0 Å². The molecule has 0 fully saturated rings. The smallest absolute Gasteiger partial charge is 0.338 e. The lowest BCUT2D eigenvalue weighted by Crippen LogP contribution is -2.16. The van der Waals surface area contributed by atoms with Gasteiger partial charge < -0.3 is 4.74 Å². The van der Waals surface area contributed by atoms with Gasteiger partial charge in [-0.05, 0) is 24.1 Å². The van der Waals surface area contributed by atoms with E-state index in [-0.39, 0.29) is 18.1 Å². The fraction of sp³-hybridized carbons (Fsp3) is 0.364. The van der Waals surface area contributed by atoms with Crippen molar-refractivity contribution in [1.82, 2.24) is 0 Å². The highest BCUT2D eigenvalue weighted by atomic mass is 32.2. The molecule has 0 saturated heterocycles. The Balaban J connectivity index is 3.02. The van der Waals surface area contributed by atoms with Crippen molar-refractivity contribution in [3.63, 3.8) is 0 Å². The quantitative estimate of drug-likeness (QED) is 0.839. The highest BCUT2D eigenvalue weighted by molar-refractivity contribution is 7.89. The van der Waals surface area contributed by atoms with E-state index in [9.17, 15) is 17.6 Å². The first-order valence-electron chi connectivity index (χ1n) is 5.21. The summed E-state index contributed by atoms with van der Waals surface area (Å²) in [6, 6.07) is 2.88. The second-order valence-electron chi connectivity index (χ2n) is 4.18. The summed E-state index contributed by atoms with van der Waals surface area (Å²) < 4.78 is 40.3. The molecule has 0 heterocycles. The summed E-state index contributed by atoms with van der Waals surface area (Å²) in [5, 5.41) is 4.83. The highest BCUT2D eigenvalue weighted by Crippen LogP contribution is 2.15. The number of carbonyl (C=O) groups is 1. The zero-order valence-corrected chi connectivity index (χ0v) is 10.8. The molecule has 18 heavy (non-hydrogen) atoms. The molecule has 2 N–H and O–H groups in total. The van der Waals surface area contributed by atoms with Crippen LogP contribution < -0.4 is 5.14 Å². The lowest BCUT2D eigenvalue weighted by molar-refractivity contribution is 0.0458. The van der Waals surface area contributed by atoms with Gasteiger partial charge in [-0.2, -0.15) is 0 Å². The maximum atomic E-state index is 13.2. The van der Waals surface area contributed by atoms with Crippen molar-refractivity contribution in [2.45, 2.75) is 18.7 Å². The summed E-state index contributed by atoms with van der Waals surface area (Å²) in [5.41, 5.74) is -0.0546. The number of benzene rings is 1. The van der Waals surface area contributed by atoms with Crippen LogP contribution in [-0.4, -0.2) is 21.0 Å². The number of halogens is 1. The zero-order chi connectivity index (χ0) is 13.9. The molecule has 1 rings (SSSR count). The zero-order valence-electron chi connectivity index (χ0n) is 10.0. The average molecular weight is 275 g/mol. The highest BCUT2D eigenvalue weighted by Gasteiger charge is 2.18. The molecule has 0 aliphatic heterocycles. The van der Waals surface area contributed by atoms with Gasteiger partial charge in [-0.15, -0.1) is 0 Å². The lowest BCUT2D eigenvalue weighted by atomic mass is 10.2. The van der Waals surface area contributed by atoms with Crippen LogP contribution in [0.1, 0.15) is 24.2 Å². The predicted octanol–water partition coefficient (Wildman–Crippen LogP) is 1.29. The number of hydrogen-bond donors (Lipinski definition) is 1. The van der Waals surface area contributed by atoms with Gasteiger partial charge in [-0.25, -0.2) is 22.7 Å². The predicted molar refractivity (Wildman–Crippen MR) is 62.9 cm³/mol. The number of carbonyl (C=O) groups excluding carboxylic acids is 1. The van der Waals surface area contributed by atoms with Gasteiger partial charge in [0.05, 0.1) is 12.2 Å². The second kappa shape index (κ2) is 5.45. The summed E-state index contributed by atoms with van der Waals surface area (Å²) >= 11 is 0. The third kappa shape index (κ3) is 3.78. The SMILES string of the molecule is CC(C)COC(=O)c1ccc(F)c(S(N)(=O)=O)c1. The van der Waals surface area contributed by atoms with Crippen molar-refractivity contribution >= 4 is 16.0 Å². The molecule has 0 spiro atoms. The maximum absolute atomic E-state index is 13.2. The summed E-state index contributed by atoms with van der Waals surface area (Å²) in [7, 11) is -4.20. The molecule has 0 atom stereocenters. The molecule has 100 valence electrons. The minimum Gasteiger partial charge on any atom is -0.462 e. The minimum atomic E-state index is -4.20. The van der Waals surface area contributed by atoms with Crippen molar-refractivity contribution in [2.24, 2.45) is 11.1 Å². The largest absolute Gasteiger partial charge is 0.462 e. The molecule has 0 saturated carbocycles. The van der Waals surface area contributed by atoms with Crippen molar-refractivity contribution < 1.29 is 22.3 Å².